The second-order valence-electron chi connectivity index (χ2n) is 8.73. The van der Waals surface area contributed by atoms with Gasteiger partial charge >= 0.3 is 12.1 Å². The summed E-state index contributed by atoms with van der Waals surface area (Å²) in [6.07, 6.45) is -1.20. The molecule has 2 aromatic rings. The minimum atomic E-state index is -0.988. The lowest BCUT2D eigenvalue weighted by molar-refractivity contribution is -0.149. The Balaban J connectivity index is 1.20. The van der Waals surface area contributed by atoms with E-state index in [1.54, 1.807) is 0 Å². The Kier molecular flexibility index (Phi) is 7.99. The summed E-state index contributed by atoms with van der Waals surface area (Å²) in [5.74, 6) is -1.29. The number of carboxylic acids is 1. The summed E-state index contributed by atoms with van der Waals surface area (Å²) in [6.45, 7) is 0.553. The first-order valence-electron chi connectivity index (χ1n) is 11.7. The number of rotatable bonds is 10. The normalized spacial score (nSPS) is 19.5. The van der Waals surface area contributed by atoms with Crippen molar-refractivity contribution in [1.82, 2.24) is 10.6 Å². The number of carbonyl (C=O) groups is 3. The van der Waals surface area contributed by atoms with E-state index in [0.717, 1.165) is 22.3 Å². The zero-order valence-electron chi connectivity index (χ0n) is 19.6. The third kappa shape index (κ3) is 5.98. The highest BCUT2D eigenvalue weighted by Crippen LogP contribution is 2.44. The molecule has 9 heteroatoms. The Bertz CT molecular complexity index is 1030. The second-order valence-corrected chi connectivity index (χ2v) is 8.73. The molecular formula is C26H30N2O7. The molecule has 3 atom stereocenters. The van der Waals surface area contributed by atoms with Gasteiger partial charge in [-0.15, -0.1) is 0 Å². The number of aliphatic carboxylic acids is 1. The first-order valence-corrected chi connectivity index (χ1v) is 11.7. The zero-order chi connectivity index (χ0) is 24.8. The van der Waals surface area contributed by atoms with Crippen LogP contribution in [-0.4, -0.2) is 68.2 Å². The molecule has 1 aliphatic carbocycles. The molecule has 9 nitrogen and oxygen atoms in total. The van der Waals surface area contributed by atoms with Crippen molar-refractivity contribution in [3.63, 3.8) is 0 Å². The van der Waals surface area contributed by atoms with Gasteiger partial charge in [-0.3, -0.25) is 4.79 Å². The summed E-state index contributed by atoms with van der Waals surface area (Å²) >= 11 is 0. The third-order valence-corrected chi connectivity index (χ3v) is 6.47. The van der Waals surface area contributed by atoms with Crippen LogP contribution < -0.4 is 10.6 Å². The van der Waals surface area contributed by atoms with Gasteiger partial charge in [-0.25, -0.2) is 9.59 Å². The van der Waals surface area contributed by atoms with E-state index in [1.807, 2.05) is 24.3 Å². The van der Waals surface area contributed by atoms with Crippen LogP contribution in [0.25, 0.3) is 11.1 Å². The van der Waals surface area contributed by atoms with Gasteiger partial charge in [0.25, 0.3) is 0 Å². The first kappa shape index (κ1) is 24.7. The Morgan fingerprint density at radius 2 is 1.69 bits per heavy atom. The Morgan fingerprint density at radius 1 is 1.03 bits per heavy atom. The number of benzene rings is 2. The molecule has 4 rings (SSSR count). The van der Waals surface area contributed by atoms with Gasteiger partial charge in [-0.2, -0.15) is 0 Å². The highest BCUT2D eigenvalue weighted by Gasteiger charge is 2.31. The van der Waals surface area contributed by atoms with Gasteiger partial charge in [0.2, 0.25) is 5.91 Å². The lowest BCUT2D eigenvalue weighted by atomic mass is 9.98. The van der Waals surface area contributed by atoms with E-state index in [2.05, 4.69) is 34.9 Å². The molecule has 1 fully saturated rings. The fraction of sp³-hybridized carbons (Fsp3) is 0.423. The largest absolute Gasteiger partial charge is 0.479 e. The van der Waals surface area contributed by atoms with E-state index in [-0.39, 0.29) is 44.0 Å². The second kappa shape index (κ2) is 11.3. The van der Waals surface area contributed by atoms with Crippen molar-refractivity contribution in [2.45, 2.75) is 43.5 Å². The van der Waals surface area contributed by atoms with E-state index >= 15 is 0 Å². The van der Waals surface area contributed by atoms with E-state index < -0.39 is 24.3 Å². The number of hydrogen-bond donors (Lipinski definition) is 3. The molecule has 186 valence electrons. The smallest absolute Gasteiger partial charge is 0.407 e. The molecule has 1 saturated heterocycles. The number of fused-ring (bicyclic) bond motifs is 3. The van der Waals surface area contributed by atoms with Crippen LogP contribution >= 0.6 is 0 Å². The number of alkyl carbamates (subject to hydrolysis) is 1. The van der Waals surface area contributed by atoms with Crippen LogP contribution in [0.4, 0.5) is 4.79 Å². The molecule has 0 aromatic heterocycles. The fourth-order valence-electron chi connectivity index (χ4n) is 4.63. The zero-order valence-corrected chi connectivity index (χ0v) is 19.6. The standard InChI is InChI=1S/C26H30N2O7/c1-33-17(12-24(29)27-13-16-10-11-23(35-16)25(30)31)14-28-26(32)34-15-22-20-8-4-2-6-18(20)19-7-3-5-9-21(19)22/h2-9,16-17,22-23H,10-15H2,1H3,(H,27,29)(H,28,32)(H,30,31). The van der Waals surface area contributed by atoms with Crippen LogP contribution in [0.1, 0.15) is 36.3 Å². The van der Waals surface area contributed by atoms with E-state index in [1.165, 1.54) is 7.11 Å². The number of amides is 2. The molecule has 1 heterocycles. The summed E-state index contributed by atoms with van der Waals surface area (Å²) in [4.78, 5) is 35.6. The van der Waals surface area contributed by atoms with Crippen molar-refractivity contribution < 1.29 is 33.7 Å². The van der Waals surface area contributed by atoms with Crippen LogP contribution in [0.5, 0.6) is 0 Å². The average molecular weight is 483 g/mol. The van der Waals surface area contributed by atoms with E-state index in [9.17, 15) is 14.4 Å². The van der Waals surface area contributed by atoms with Crippen LogP contribution in [0, 0.1) is 0 Å². The molecule has 2 aromatic carbocycles. The maximum Gasteiger partial charge on any atom is 0.407 e. The van der Waals surface area contributed by atoms with Crippen LogP contribution in [0.15, 0.2) is 48.5 Å². The Morgan fingerprint density at radius 3 is 2.29 bits per heavy atom. The minimum absolute atomic E-state index is 0.0318. The van der Waals surface area contributed by atoms with Crippen molar-refractivity contribution >= 4 is 18.0 Å². The molecule has 0 saturated carbocycles. The number of nitrogens with one attached hydrogen (secondary N) is 2. The predicted molar refractivity (Wildman–Crippen MR) is 127 cm³/mol. The maximum atomic E-state index is 12.4. The number of methoxy groups -OCH3 is 1. The van der Waals surface area contributed by atoms with Crippen molar-refractivity contribution in [1.29, 1.82) is 0 Å². The van der Waals surface area contributed by atoms with Crippen LogP contribution in [-0.2, 0) is 23.8 Å². The number of carbonyl (C=O) groups excluding carboxylic acids is 2. The first-order chi connectivity index (χ1) is 17.0. The lowest BCUT2D eigenvalue weighted by Crippen LogP contribution is -2.39. The molecular weight excluding hydrogens is 452 g/mol. The lowest BCUT2D eigenvalue weighted by Gasteiger charge is -2.18. The summed E-state index contributed by atoms with van der Waals surface area (Å²) in [6, 6.07) is 16.2. The third-order valence-electron chi connectivity index (χ3n) is 6.47. The highest BCUT2D eigenvalue weighted by atomic mass is 16.5. The fourth-order valence-corrected chi connectivity index (χ4v) is 4.63. The van der Waals surface area contributed by atoms with Gasteiger partial charge in [0, 0.05) is 26.1 Å². The SMILES string of the molecule is COC(CNC(=O)OCC1c2ccccc2-c2ccccc21)CC(=O)NCC1CCC(C(=O)O)O1. The highest BCUT2D eigenvalue weighted by molar-refractivity contribution is 5.79. The van der Waals surface area contributed by atoms with Crippen LogP contribution in [0.2, 0.25) is 0 Å². The molecule has 0 bridgehead atoms. The van der Waals surface area contributed by atoms with Crippen molar-refractivity contribution in [3.8, 4) is 11.1 Å². The van der Waals surface area contributed by atoms with Gasteiger partial charge in [0.05, 0.1) is 18.6 Å². The van der Waals surface area contributed by atoms with Gasteiger partial charge in [-0.1, -0.05) is 48.5 Å². The van der Waals surface area contributed by atoms with E-state index in [0.29, 0.717) is 12.8 Å². The number of carboxylic acid groups (broad SMARTS) is 1. The molecule has 3 unspecified atom stereocenters. The van der Waals surface area contributed by atoms with Crippen molar-refractivity contribution in [3.05, 3.63) is 59.7 Å². The summed E-state index contributed by atoms with van der Waals surface area (Å²) < 4.78 is 16.2. The van der Waals surface area contributed by atoms with Crippen molar-refractivity contribution in [2.75, 3.05) is 26.8 Å². The summed E-state index contributed by atoms with van der Waals surface area (Å²) in [5.41, 5.74) is 4.58. The molecule has 3 N–H and O–H groups in total. The quantitative estimate of drug-likeness (QED) is 0.476. The average Bonchev–Trinajstić information content (AvgIpc) is 3.47. The molecule has 35 heavy (non-hydrogen) atoms. The monoisotopic (exact) mass is 482 g/mol. The molecule has 2 aliphatic rings. The molecule has 1 aliphatic heterocycles. The van der Waals surface area contributed by atoms with Crippen molar-refractivity contribution in [2.24, 2.45) is 0 Å². The number of hydrogen-bond acceptors (Lipinski definition) is 6. The summed E-state index contributed by atoms with van der Waals surface area (Å²) in [5, 5.41) is 14.4. The maximum absolute atomic E-state index is 12.4. The van der Waals surface area contributed by atoms with Gasteiger partial charge < -0.3 is 30.0 Å². The van der Waals surface area contributed by atoms with E-state index in [4.69, 9.17) is 19.3 Å². The van der Waals surface area contributed by atoms with Gasteiger partial charge in [0.1, 0.15) is 6.61 Å². The molecule has 0 spiro atoms. The predicted octanol–water partition coefficient (Wildman–Crippen LogP) is 2.68. The molecule has 0 radical (unpaired) electrons. The number of ether oxygens (including phenoxy) is 3. The Labute approximate surface area is 203 Å². The minimum Gasteiger partial charge on any atom is -0.479 e. The summed E-state index contributed by atoms with van der Waals surface area (Å²) in [7, 11) is 1.47. The topological polar surface area (TPSA) is 123 Å². The van der Waals surface area contributed by atoms with Gasteiger partial charge in [-0.05, 0) is 35.1 Å². The molecule has 2 amide bonds. The Hall–Kier alpha value is -3.43. The van der Waals surface area contributed by atoms with Gasteiger partial charge in [0.15, 0.2) is 6.10 Å². The van der Waals surface area contributed by atoms with Crippen LogP contribution in [0.3, 0.4) is 0 Å².